The van der Waals surface area contributed by atoms with Crippen LogP contribution in [0.3, 0.4) is 0 Å². The van der Waals surface area contributed by atoms with Crippen LogP contribution in [-0.4, -0.2) is 22.0 Å². The van der Waals surface area contributed by atoms with Gasteiger partial charge in [0, 0.05) is 17.9 Å². The molecule has 0 atom stereocenters. The molecule has 1 fully saturated rings. The van der Waals surface area contributed by atoms with Crippen molar-refractivity contribution in [3.8, 4) is 0 Å². The second kappa shape index (κ2) is 6.03. The summed E-state index contributed by atoms with van der Waals surface area (Å²) in [4.78, 5) is 18.9. The highest BCUT2D eigenvalue weighted by atomic mass is 16.2. The molecule has 0 spiro atoms. The molecule has 4 nitrogen and oxygen atoms in total. The molecule has 0 aliphatic heterocycles. The molecule has 2 aliphatic rings. The van der Waals surface area contributed by atoms with Crippen LogP contribution in [0, 0.1) is 0 Å². The van der Waals surface area contributed by atoms with E-state index in [2.05, 4.69) is 22.4 Å². The molecule has 2 amide bonds. The van der Waals surface area contributed by atoms with Gasteiger partial charge in [-0.15, -0.1) is 0 Å². The predicted molar refractivity (Wildman–Crippen MR) is 90.3 cm³/mol. The molecule has 118 valence electrons. The number of rotatable bonds is 4. The van der Waals surface area contributed by atoms with Gasteiger partial charge in [0.25, 0.3) is 0 Å². The van der Waals surface area contributed by atoms with Gasteiger partial charge in [0.1, 0.15) is 0 Å². The molecule has 1 N–H and O–H groups in total. The summed E-state index contributed by atoms with van der Waals surface area (Å²) in [6.07, 6.45) is 7.46. The van der Waals surface area contributed by atoms with Crippen LogP contribution in [0.1, 0.15) is 36.1 Å². The number of nitrogens with one attached hydrogen (secondary N) is 1. The van der Waals surface area contributed by atoms with Crippen molar-refractivity contribution >= 4 is 11.7 Å². The minimum Gasteiger partial charge on any atom is -0.316 e. The Labute approximate surface area is 136 Å². The van der Waals surface area contributed by atoms with Crippen molar-refractivity contribution in [2.75, 3.05) is 5.32 Å². The maximum Gasteiger partial charge on any atom is 0.322 e. The average Bonchev–Trinajstić information content (AvgIpc) is 3.30. The minimum atomic E-state index is -0.0175. The SMILES string of the molecule is O=C(Nc1ccc2c(c1)CCC2)N(Cc1ccccn1)C1CC1. The number of amides is 2. The summed E-state index contributed by atoms with van der Waals surface area (Å²) in [7, 11) is 0. The van der Waals surface area contributed by atoms with Gasteiger partial charge in [-0.25, -0.2) is 4.79 Å². The average molecular weight is 307 g/mol. The van der Waals surface area contributed by atoms with E-state index in [1.54, 1.807) is 6.20 Å². The van der Waals surface area contributed by atoms with Crippen LogP contribution >= 0.6 is 0 Å². The summed E-state index contributed by atoms with van der Waals surface area (Å²) in [5.74, 6) is 0. The fourth-order valence-electron chi connectivity index (χ4n) is 3.26. The van der Waals surface area contributed by atoms with E-state index in [0.29, 0.717) is 12.6 Å². The first-order chi connectivity index (χ1) is 11.3. The Morgan fingerprint density at radius 1 is 1.17 bits per heavy atom. The number of carbonyl (C=O) groups is 1. The summed E-state index contributed by atoms with van der Waals surface area (Å²) < 4.78 is 0. The van der Waals surface area contributed by atoms with Crippen LogP contribution in [-0.2, 0) is 19.4 Å². The molecule has 1 heterocycles. The molecule has 0 bridgehead atoms. The Bertz CT molecular complexity index is 710. The topological polar surface area (TPSA) is 45.2 Å². The van der Waals surface area contributed by atoms with Crippen molar-refractivity contribution in [3.63, 3.8) is 0 Å². The zero-order chi connectivity index (χ0) is 15.6. The van der Waals surface area contributed by atoms with Gasteiger partial charge in [-0.05, 0) is 67.5 Å². The number of hydrogen-bond acceptors (Lipinski definition) is 2. The van der Waals surface area contributed by atoms with Crippen molar-refractivity contribution in [2.24, 2.45) is 0 Å². The summed E-state index contributed by atoms with van der Waals surface area (Å²) in [5.41, 5.74) is 4.65. The number of aryl methyl sites for hydroxylation is 2. The van der Waals surface area contributed by atoms with E-state index >= 15 is 0 Å². The lowest BCUT2D eigenvalue weighted by molar-refractivity contribution is 0.205. The first-order valence-corrected chi connectivity index (χ1v) is 8.39. The molecule has 0 saturated heterocycles. The number of nitrogens with zero attached hydrogens (tertiary/aromatic N) is 2. The number of fused-ring (bicyclic) bond motifs is 1. The third-order valence-electron chi connectivity index (χ3n) is 4.66. The molecule has 4 heteroatoms. The summed E-state index contributed by atoms with van der Waals surface area (Å²) in [5, 5.41) is 3.07. The van der Waals surface area contributed by atoms with Gasteiger partial charge < -0.3 is 10.2 Å². The third-order valence-corrected chi connectivity index (χ3v) is 4.66. The number of pyridine rings is 1. The van der Waals surface area contributed by atoms with Crippen LogP contribution in [0.5, 0.6) is 0 Å². The molecule has 1 saturated carbocycles. The van der Waals surface area contributed by atoms with Crippen LogP contribution in [0.4, 0.5) is 10.5 Å². The van der Waals surface area contributed by atoms with E-state index in [4.69, 9.17) is 0 Å². The highest BCUT2D eigenvalue weighted by Gasteiger charge is 2.33. The van der Waals surface area contributed by atoms with Gasteiger partial charge in [0.05, 0.1) is 12.2 Å². The standard InChI is InChI=1S/C19H21N3O/c23-19(21-16-8-7-14-4-3-5-15(14)12-16)22(18-9-10-18)13-17-6-1-2-11-20-17/h1-2,6-8,11-12,18H,3-5,9-10,13H2,(H,21,23). The van der Waals surface area contributed by atoms with Crippen LogP contribution in [0.2, 0.25) is 0 Å². The van der Waals surface area contributed by atoms with E-state index < -0.39 is 0 Å². The van der Waals surface area contributed by atoms with Gasteiger partial charge in [-0.2, -0.15) is 0 Å². The molecular weight excluding hydrogens is 286 g/mol. The molecule has 0 radical (unpaired) electrons. The Hall–Kier alpha value is -2.36. The van der Waals surface area contributed by atoms with Crippen molar-refractivity contribution in [3.05, 3.63) is 59.4 Å². The Morgan fingerprint density at radius 3 is 2.83 bits per heavy atom. The summed E-state index contributed by atoms with van der Waals surface area (Å²) in [6.45, 7) is 0.572. The lowest BCUT2D eigenvalue weighted by Gasteiger charge is -2.22. The van der Waals surface area contributed by atoms with Gasteiger partial charge in [0.2, 0.25) is 0 Å². The number of urea groups is 1. The molecule has 1 aromatic heterocycles. The van der Waals surface area contributed by atoms with E-state index in [9.17, 15) is 4.79 Å². The van der Waals surface area contributed by atoms with Crippen molar-refractivity contribution < 1.29 is 4.79 Å². The molecule has 2 aliphatic carbocycles. The number of carbonyl (C=O) groups excluding carboxylic acids is 1. The maximum absolute atomic E-state index is 12.7. The van der Waals surface area contributed by atoms with Gasteiger partial charge in [0.15, 0.2) is 0 Å². The summed E-state index contributed by atoms with van der Waals surface area (Å²) >= 11 is 0. The molecule has 2 aromatic rings. The molecule has 4 rings (SSSR count). The zero-order valence-electron chi connectivity index (χ0n) is 13.2. The number of anilines is 1. The van der Waals surface area contributed by atoms with Gasteiger partial charge in [-0.1, -0.05) is 12.1 Å². The van der Waals surface area contributed by atoms with Crippen LogP contribution in [0.15, 0.2) is 42.6 Å². The fraction of sp³-hybridized carbons (Fsp3) is 0.368. The Morgan fingerprint density at radius 2 is 2.04 bits per heavy atom. The monoisotopic (exact) mass is 307 g/mol. The first-order valence-electron chi connectivity index (χ1n) is 8.39. The van der Waals surface area contributed by atoms with E-state index in [-0.39, 0.29) is 6.03 Å². The number of benzene rings is 1. The van der Waals surface area contributed by atoms with Crippen LogP contribution < -0.4 is 5.32 Å². The van der Waals surface area contributed by atoms with Gasteiger partial charge in [-0.3, -0.25) is 4.98 Å². The minimum absolute atomic E-state index is 0.0175. The largest absolute Gasteiger partial charge is 0.322 e. The van der Waals surface area contributed by atoms with Gasteiger partial charge >= 0.3 is 6.03 Å². The quantitative estimate of drug-likeness (QED) is 0.934. The van der Waals surface area contributed by atoms with E-state index in [1.165, 1.54) is 17.5 Å². The smallest absolute Gasteiger partial charge is 0.316 e. The molecule has 1 aromatic carbocycles. The van der Waals surface area contributed by atoms with E-state index in [0.717, 1.165) is 37.1 Å². The summed E-state index contributed by atoms with van der Waals surface area (Å²) in [6, 6.07) is 12.5. The lowest BCUT2D eigenvalue weighted by atomic mass is 10.1. The number of aromatic nitrogens is 1. The second-order valence-electron chi connectivity index (χ2n) is 6.45. The lowest BCUT2D eigenvalue weighted by Crippen LogP contribution is -2.36. The second-order valence-corrected chi connectivity index (χ2v) is 6.45. The van der Waals surface area contributed by atoms with Crippen molar-refractivity contribution in [1.82, 2.24) is 9.88 Å². The highest BCUT2D eigenvalue weighted by Crippen LogP contribution is 2.29. The fourth-order valence-corrected chi connectivity index (χ4v) is 3.26. The van der Waals surface area contributed by atoms with Crippen LogP contribution in [0.25, 0.3) is 0 Å². The number of hydrogen-bond donors (Lipinski definition) is 1. The van der Waals surface area contributed by atoms with E-state index in [1.807, 2.05) is 29.2 Å². The highest BCUT2D eigenvalue weighted by molar-refractivity contribution is 5.89. The molecule has 0 unspecified atom stereocenters. The molecule has 23 heavy (non-hydrogen) atoms. The Balaban J connectivity index is 1.47. The predicted octanol–water partition coefficient (Wildman–Crippen LogP) is 3.77. The normalized spacial score (nSPS) is 16.0. The zero-order valence-corrected chi connectivity index (χ0v) is 13.2. The van der Waals surface area contributed by atoms with Crippen molar-refractivity contribution in [1.29, 1.82) is 0 Å². The Kier molecular flexibility index (Phi) is 3.74. The molecular formula is C19H21N3O. The maximum atomic E-state index is 12.7. The van der Waals surface area contributed by atoms with Crippen molar-refractivity contribution in [2.45, 2.75) is 44.7 Å². The first kappa shape index (κ1) is 14.2. The third kappa shape index (κ3) is 3.21.